The summed E-state index contributed by atoms with van der Waals surface area (Å²) in [5, 5.41) is 11.6. The highest BCUT2D eigenvalue weighted by atomic mass is 16.5. The molecule has 0 atom stereocenters. The highest BCUT2D eigenvalue weighted by molar-refractivity contribution is 6.05. The lowest BCUT2D eigenvalue weighted by atomic mass is 10.1. The molecule has 35 heavy (non-hydrogen) atoms. The van der Waals surface area contributed by atoms with E-state index in [1.54, 1.807) is 61.7 Å². The number of rotatable bonds is 9. The van der Waals surface area contributed by atoms with Gasteiger partial charge in [0.25, 0.3) is 11.8 Å². The van der Waals surface area contributed by atoms with Crippen LogP contribution in [0.2, 0.25) is 0 Å². The van der Waals surface area contributed by atoms with Crippen molar-refractivity contribution in [2.45, 2.75) is 26.8 Å². The van der Waals surface area contributed by atoms with Crippen LogP contribution in [0.1, 0.15) is 40.1 Å². The van der Waals surface area contributed by atoms with Crippen LogP contribution in [0.15, 0.2) is 66.7 Å². The van der Waals surface area contributed by atoms with E-state index in [0.717, 1.165) is 11.3 Å². The summed E-state index contributed by atoms with van der Waals surface area (Å²) in [6.07, 6.45) is 0. The summed E-state index contributed by atoms with van der Waals surface area (Å²) in [5.41, 5.74) is 3.80. The molecule has 0 bridgehead atoms. The number of anilines is 3. The third-order valence-electron chi connectivity index (χ3n) is 5.13. The van der Waals surface area contributed by atoms with E-state index >= 15 is 0 Å². The monoisotopic (exact) mass is 474 g/mol. The summed E-state index contributed by atoms with van der Waals surface area (Å²) >= 11 is 0. The number of benzene rings is 3. The van der Waals surface area contributed by atoms with E-state index in [0.29, 0.717) is 28.3 Å². The van der Waals surface area contributed by atoms with Gasteiger partial charge in [-0.15, -0.1) is 0 Å². The molecule has 0 aliphatic rings. The van der Waals surface area contributed by atoms with Gasteiger partial charge in [0.2, 0.25) is 5.91 Å². The number of methoxy groups -OCH3 is 1. The van der Waals surface area contributed by atoms with Gasteiger partial charge in [-0.3, -0.25) is 14.4 Å². The van der Waals surface area contributed by atoms with Gasteiger partial charge in [0.05, 0.1) is 19.3 Å². The molecule has 3 aromatic carbocycles. The van der Waals surface area contributed by atoms with E-state index in [9.17, 15) is 14.4 Å². The van der Waals surface area contributed by atoms with E-state index in [2.05, 4.69) is 21.3 Å². The Labute approximate surface area is 205 Å². The van der Waals surface area contributed by atoms with Gasteiger partial charge in [-0.05, 0) is 80.9 Å². The Morgan fingerprint density at radius 1 is 0.829 bits per heavy atom. The van der Waals surface area contributed by atoms with Gasteiger partial charge in [-0.2, -0.15) is 0 Å². The topological polar surface area (TPSA) is 109 Å². The standard InChI is InChI=1S/C27H30N4O4/c1-17(2)29-27(34)20-11-14-22(18(3)15-20)28-16-25(32)30-21-12-9-19(10-13-21)26(33)31-23-7-5-6-8-24(23)35-4/h5-15,17,28H,16H2,1-4H3,(H,29,34)(H,30,32)(H,31,33). The number of amides is 3. The van der Waals surface area contributed by atoms with Crippen molar-refractivity contribution in [2.24, 2.45) is 0 Å². The van der Waals surface area contributed by atoms with E-state index in [-0.39, 0.29) is 30.3 Å². The van der Waals surface area contributed by atoms with Gasteiger partial charge in [0, 0.05) is 28.5 Å². The van der Waals surface area contributed by atoms with Gasteiger partial charge >= 0.3 is 0 Å². The maximum atomic E-state index is 12.5. The minimum Gasteiger partial charge on any atom is -0.495 e. The van der Waals surface area contributed by atoms with Crippen molar-refractivity contribution in [3.8, 4) is 5.75 Å². The van der Waals surface area contributed by atoms with Crippen molar-refractivity contribution in [2.75, 3.05) is 29.6 Å². The molecule has 8 heteroatoms. The third-order valence-corrected chi connectivity index (χ3v) is 5.13. The van der Waals surface area contributed by atoms with Crippen LogP contribution < -0.4 is 26.0 Å². The van der Waals surface area contributed by atoms with Crippen molar-refractivity contribution < 1.29 is 19.1 Å². The van der Waals surface area contributed by atoms with Crippen molar-refractivity contribution in [3.05, 3.63) is 83.4 Å². The fraction of sp³-hybridized carbons (Fsp3) is 0.222. The zero-order valence-corrected chi connectivity index (χ0v) is 20.3. The largest absolute Gasteiger partial charge is 0.495 e. The second-order valence-electron chi connectivity index (χ2n) is 8.29. The molecule has 0 aromatic heterocycles. The van der Waals surface area contributed by atoms with Crippen molar-refractivity contribution in [3.63, 3.8) is 0 Å². The number of para-hydroxylation sites is 2. The number of carbonyl (C=O) groups excluding carboxylic acids is 3. The molecule has 3 amide bonds. The first-order valence-corrected chi connectivity index (χ1v) is 11.3. The lowest BCUT2D eigenvalue weighted by Crippen LogP contribution is -2.30. The Balaban J connectivity index is 1.53. The minimum absolute atomic E-state index is 0.0500. The Hall–Kier alpha value is -4.33. The zero-order valence-electron chi connectivity index (χ0n) is 20.3. The van der Waals surface area contributed by atoms with E-state index < -0.39 is 0 Å². The first kappa shape index (κ1) is 25.3. The molecular weight excluding hydrogens is 444 g/mol. The maximum Gasteiger partial charge on any atom is 0.255 e. The lowest BCUT2D eigenvalue weighted by molar-refractivity contribution is -0.114. The average molecular weight is 475 g/mol. The van der Waals surface area contributed by atoms with Gasteiger partial charge in [0.15, 0.2) is 0 Å². The Morgan fingerprint density at radius 2 is 1.51 bits per heavy atom. The van der Waals surface area contributed by atoms with Crippen molar-refractivity contribution in [1.82, 2.24) is 5.32 Å². The van der Waals surface area contributed by atoms with Gasteiger partial charge in [-0.25, -0.2) is 0 Å². The maximum absolute atomic E-state index is 12.5. The second kappa shape index (κ2) is 11.7. The SMILES string of the molecule is COc1ccccc1NC(=O)c1ccc(NC(=O)CNc2ccc(C(=O)NC(C)C)cc2C)cc1. The number of carbonyl (C=O) groups is 3. The molecular formula is C27H30N4O4. The number of hydrogen-bond acceptors (Lipinski definition) is 5. The lowest BCUT2D eigenvalue weighted by Gasteiger charge is -2.13. The summed E-state index contributed by atoms with van der Waals surface area (Å²) < 4.78 is 5.25. The van der Waals surface area contributed by atoms with Gasteiger partial charge in [0.1, 0.15) is 5.75 Å². The molecule has 0 radical (unpaired) electrons. The van der Waals surface area contributed by atoms with Gasteiger partial charge < -0.3 is 26.0 Å². The van der Waals surface area contributed by atoms with Crippen LogP contribution in [0.5, 0.6) is 5.75 Å². The Morgan fingerprint density at radius 3 is 2.17 bits per heavy atom. The van der Waals surface area contributed by atoms with Crippen molar-refractivity contribution in [1.29, 1.82) is 0 Å². The number of nitrogens with one attached hydrogen (secondary N) is 4. The average Bonchev–Trinajstić information content (AvgIpc) is 2.83. The molecule has 0 aliphatic heterocycles. The smallest absolute Gasteiger partial charge is 0.255 e. The molecule has 0 aliphatic carbocycles. The highest BCUT2D eigenvalue weighted by Crippen LogP contribution is 2.24. The molecule has 0 heterocycles. The first-order chi connectivity index (χ1) is 16.8. The van der Waals surface area contributed by atoms with Crippen LogP contribution in [-0.2, 0) is 4.79 Å². The summed E-state index contributed by atoms with van der Waals surface area (Å²) in [4.78, 5) is 37.1. The van der Waals surface area contributed by atoms with Crippen LogP contribution in [0.25, 0.3) is 0 Å². The number of ether oxygens (including phenoxy) is 1. The van der Waals surface area contributed by atoms with E-state index in [1.165, 1.54) is 0 Å². The van der Waals surface area contributed by atoms with Crippen LogP contribution in [0.3, 0.4) is 0 Å². The zero-order chi connectivity index (χ0) is 25.4. The van der Waals surface area contributed by atoms with E-state index in [1.807, 2.05) is 32.9 Å². The second-order valence-corrected chi connectivity index (χ2v) is 8.29. The molecule has 0 saturated carbocycles. The van der Waals surface area contributed by atoms with Crippen LogP contribution in [0.4, 0.5) is 17.1 Å². The fourth-order valence-corrected chi connectivity index (χ4v) is 3.38. The minimum atomic E-state index is -0.282. The van der Waals surface area contributed by atoms with Gasteiger partial charge in [-0.1, -0.05) is 12.1 Å². The highest BCUT2D eigenvalue weighted by Gasteiger charge is 2.11. The molecule has 8 nitrogen and oxygen atoms in total. The molecule has 4 N–H and O–H groups in total. The predicted octanol–water partition coefficient (Wildman–Crippen LogP) is 4.44. The summed E-state index contributed by atoms with van der Waals surface area (Å²) in [7, 11) is 1.54. The Bertz CT molecular complexity index is 1210. The molecule has 0 spiro atoms. The van der Waals surface area contributed by atoms with Crippen molar-refractivity contribution >= 4 is 34.8 Å². The molecule has 0 saturated heterocycles. The third kappa shape index (κ3) is 7.07. The van der Waals surface area contributed by atoms with Crippen LogP contribution in [-0.4, -0.2) is 37.4 Å². The summed E-state index contributed by atoms with van der Waals surface area (Å²) in [6, 6.07) is 19.1. The molecule has 0 fully saturated rings. The molecule has 182 valence electrons. The molecule has 0 unspecified atom stereocenters. The quantitative estimate of drug-likeness (QED) is 0.367. The predicted molar refractivity (Wildman–Crippen MR) is 138 cm³/mol. The number of hydrogen-bond donors (Lipinski definition) is 4. The number of aryl methyl sites for hydroxylation is 1. The first-order valence-electron chi connectivity index (χ1n) is 11.3. The Kier molecular flexibility index (Phi) is 8.45. The summed E-state index contributed by atoms with van der Waals surface area (Å²) in [6.45, 7) is 5.74. The molecule has 3 rings (SSSR count). The van der Waals surface area contributed by atoms with Crippen LogP contribution in [0, 0.1) is 6.92 Å². The normalized spacial score (nSPS) is 10.4. The molecule has 3 aromatic rings. The van der Waals surface area contributed by atoms with E-state index in [4.69, 9.17) is 4.74 Å². The van der Waals surface area contributed by atoms with Crippen LogP contribution >= 0.6 is 0 Å². The fourth-order valence-electron chi connectivity index (χ4n) is 3.38. The summed E-state index contributed by atoms with van der Waals surface area (Å²) in [5.74, 6) is -0.0827.